The van der Waals surface area contributed by atoms with Gasteiger partial charge >= 0.3 is 0 Å². The van der Waals surface area contributed by atoms with Gasteiger partial charge in [0.2, 0.25) is 0 Å². The van der Waals surface area contributed by atoms with Gasteiger partial charge in [-0.25, -0.2) is 13.8 Å². The van der Waals surface area contributed by atoms with Gasteiger partial charge in [0, 0.05) is 37.0 Å². The van der Waals surface area contributed by atoms with Crippen molar-refractivity contribution >= 4 is 26.3 Å². The van der Waals surface area contributed by atoms with E-state index in [1.54, 1.807) is 11.8 Å². The molecule has 22 heavy (non-hydrogen) atoms. The van der Waals surface area contributed by atoms with E-state index in [2.05, 4.69) is 19.5 Å². The summed E-state index contributed by atoms with van der Waals surface area (Å²) in [4.78, 5) is 4.67. The minimum Gasteiger partial charge on any atom is -0.400 e. The number of aliphatic imine (C=N–C) groups is 1. The Labute approximate surface area is 135 Å². The maximum Gasteiger partial charge on any atom is 0.160 e. The fraction of sp³-hybridized carbons (Fsp3) is 0.500. The SMILES string of the molecule is CO.Fc1ccc(C23COCCC2CSC(NP)=N3)c(F)c1. The van der Waals surface area contributed by atoms with E-state index in [-0.39, 0.29) is 5.92 Å². The van der Waals surface area contributed by atoms with E-state index < -0.39 is 17.2 Å². The number of amidine groups is 1. The van der Waals surface area contributed by atoms with Crippen molar-refractivity contribution in [3.05, 3.63) is 35.4 Å². The number of aliphatic hydroxyl groups excluding tert-OH is 1. The number of nitrogens with one attached hydrogen (secondary N) is 1. The highest BCUT2D eigenvalue weighted by molar-refractivity contribution is 8.14. The predicted molar refractivity (Wildman–Crippen MR) is 87.8 cm³/mol. The molecule has 3 unspecified atom stereocenters. The Hall–Kier alpha value is -0.750. The summed E-state index contributed by atoms with van der Waals surface area (Å²) in [5.74, 6) is -0.0857. The van der Waals surface area contributed by atoms with Crippen LogP contribution in [0.3, 0.4) is 0 Å². The Kier molecular flexibility index (Phi) is 6.15. The molecule has 0 amide bonds. The van der Waals surface area contributed by atoms with Crippen LogP contribution in [0.1, 0.15) is 12.0 Å². The van der Waals surface area contributed by atoms with Crippen molar-refractivity contribution < 1.29 is 18.6 Å². The largest absolute Gasteiger partial charge is 0.400 e. The Balaban J connectivity index is 0.000000847. The number of fused-ring (bicyclic) bond motifs is 1. The smallest absolute Gasteiger partial charge is 0.160 e. The van der Waals surface area contributed by atoms with Crippen LogP contribution >= 0.6 is 21.2 Å². The van der Waals surface area contributed by atoms with Crippen LogP contribution in [0, 0.1) is 17.6 Å². The van der Waals surface area contributed by atoms with Crippen LogP contribution in [-0.4, -0.2) is 36.4 Å². The van der Waals surface area contributed by atoms with E-state index in [1.165, 1.54) is 12.1 Å². The molecule has 3 rings (SSSR count). The maximum absolute atomic E-state index is 14.2. The standard InChI is InChI=1S/C13H15F2N2OPS.CH4O/c14-9-1-2-10(11(15)5-9)13-7-18-4-3-8(13)6-20-12(16-13)17-19;1-2/h1-2,5,8H,3-4,6-7,19H2,(H,16,17);2H,1H3. The number of halogens is 2. The number of benzene rings is 1. The fourth-order valence-electron chi connectivity index (χ4n) is 2.82. The minimum absolute atomic E-state index is 0.198. The second kappa shape index (κ2) is 7.68. The highest BCUT2D eigenvalue weighted by Gasteiger charge is 2.47. The Morgan fingerprint density at radius 1 is 1.45 bits per heavy atom. The maximum atomic E-state index is 14.2. The summed E-state index contributed by atoms with van der Waals surface area (Å²) in [6, 6.07) is 3.69. The van der Waals surface area contributed by atoms with Gasteiger partial charge < -0.3 is 14.9 Å². The lowest BCUT2D eigenvalue weighted by atomic mass is 9.76. The summed E-state index contributed by atoms with van der Waals surface area (Å²) in [5, 5.41) is 10.7. The highest BCUT2D eigenvalue weighted by atomic mass is 32.2. The molecule has 2 heterocycles. The van der Waals surface area contributed by atoms with Crippen LogP contribution in [0.5, 0.6) is 0 Å². The average molecular weight is 348 g/mol. The third kappa shape index (κ3) is 3.27. The molecular weight excluding hydrogens is 329 g/mol. The Bertz CT molecular complexity index is 562. The van der Waals surface area contributed by atoms with Crippen molar-refractivity contribution in [2.45, 2.75) is 12.0 Å². The van der Waals surface area contributed by atoms with E-state index in [9.17, 15) is 8.78 Å². The van der Waals surface area contributed by atoms with Crippen LogP contribution < -0.4 is 5.09 Å². The quantitative estimate of drug-likeness (QED) is 0.765. The van der Waals surface area contributed by atoms with Crippen LogP contribution in [-0.2, 0) is 10.3 Å². The normalized spacial score (nSPS) is 27.1. The number of ether oxygens (including phenoxy) is 1. The van der Waals surface area contributed by atoms with Crippen molar-refractivity contribution in [3.8, 4) is 0 Å². The van der Waals surface area contributed by atoms with E-state index in [1.807, 2.05) is 0 Å². The van der Waals surface area contributed by atoms with Gasteiger partial charge in [0.25, 0.3) is 0 Å². The van der Waals surface area contributed by atoms with E-state index >= 15 is 0 Å². The first-order valence-corrected chi connectivity index (χ1v) is 8.39. The second-order valence-corrected chi connectivity index (χ2v) is 6.26. The van der Waals surface area contributed by atoms with Crippen molar-refractivity contribution in [2.75, 3.05) is 26.1 Å². The van der Waals surface area contributed by atoms with Gasteiger partial charge in [-0.05, 0) is 21.9 Å². The van der Waals surface area contributed by atoms with Crippen LogP contribution in [0.15, 0.2) is 23.2 Å². The van der Waals surface area contributed by atoms with Gasteiger partial charge in [0.15, 0.2) is 5.17 Å². The molecule has 0 radical (unpaired) electrons. The number of aliphatic hydroxyl groups is 1. The average Bonchev–Trinajstić information content (AvgIpc) is 2.55. The molecule has 122 valence electrons. The zero-order chi connectivity index (χ0) is 16.2. The van der Waals surface area contributed by atoms with E-state index in [4.69, 9.17) is 9.84 Å². The molecule has 3 atom stereocenters. The summed E-state index contributed by atoms with van der Waals surface area (Å²) < 4.78 is 33.0. The third-order valence-electron chi connectivity index (χ3n) is 3.85. The molecule has 2 N–H and O–H groups in total. The van der Waals surface area contributed by atoms with Gasteiger partial charge in [-0.3, -0.25) is 0 Å². The van der Waals surface area contributed by atoms with Gasteiger partial charge in [0.05, 0.1) is 6.61 Å². The van der Waals surface area contributed by atoms with Crippen molar-refractivity contribution in [1.29, 1.82) is 0 Å². The van der Waals surface area contributed by atoms with Crippen LogP contribution in [0.2, 0.25) is 0 Å². The Morgan fingerprint density at radius 2 is 2.23 bits per heavy atom. The number of hydrogen-bond acceptors (Lipinski definition) is 5. The van der Waals surface area contributed by atoms with Gasteiger partial charge in [-0.15, -0.1) is 0 Å². The second-order valence-electron chi connectivity index (χ2n) is 4.96. The summed E-state index contributed by atoms with van der Waals surface area (Å²) in [6.07, 6.45) is 0.831. The lowest BCUT2D eigenvalue weighted by Gasteiger charge is -2.44. The molecule has 1 aromatic rings. The molecule has 8 heteroatoms. The molecular formula is C14H19F2N2O2PS. The fourth-order valence-corrected chi connectivity index (χ4v) is 4.25. The number of hydrogen-bond donors (Lipinski definition) is 2. The summed E-state index contributed by atoms with van der Waals surface area (Å²) in [6.45, 7) is 0.992. The molecule has 0 aromatic heterocycles. The first-order valence-electron chi connectivity index (χ1n) is 6.83. The molecule has 0 aliphatic carbocycles. The number of nitrogens with zero attached hydrogens (tertiary/aromatic N) is 1. The molecule has 0 spiro atoms. The molecule has 0 bridgehead atoms. The molecule has 1 fully saturated rings. The van der Waals surface area contributed by atoms with Crippen molar-refractivity contribution in [3.63, 3.8) is 0 Å². The van der Waals surface area contributed by atoms with Gasteiger partial charge in [0.1, 0.15) is 17.2 Å². The number of rotatable bonds is 1. The first-order chi connectivity index (χ1) is 10.7. The third-order valence-corrected chi connectivity index (χ3v) is 5.39. The zero-order valence-corrected chi connectivity index (χ0v) is 14.2. The van der Waals surface area contributed by atoms with Gasteiger partial charge in [-0.1, -0.05) is 17.8 Å². The first kappa shape index (κ1) is 17.6. The molecule has 4 nitrogen and oxygen atoms in total. The predicted octanol–water partition coefficient (Wildman–Crippen LogP) is 2.29. The molecule has 1 saturated heterocycles. The Morgan fingerprint density at radius 3 is 2.91 bits per heavy atom. The van der Waals surface area contributed by atoms with Gasteiger partial charge in [-0.2, -0.15) is 0 Å². The highest BCUT2D eigenvalue weighted by Crippen LogP contribution is 2.45. The van der Waals surface area contributed by atoms with Crippen molar-refractivity contribution in [1.82, 2.24) is 5.09 Å². The van der Waals surface area contributed by atoms with Crippen molar-refractivity contribution in [2.24, 2.45) is 10.9 Å². The summed E-state index contributed by atoms with van der Waals surface area (Å²) in [7, 11) is 3.40. The lowest BCUT2D eigenvalue weighted by Crippen LogP contribution is -2.48. The van der Waals surface area contributed by atoms with Crippen LogP contribution in [0.4, 0.5) is 8.78 Å². The molecule has 0 saturated carbocycles. The summed E-state index contributed by atoms with van der Waals surface area (Å²) in [5.41, 5.74) is -0.332. The van der Waals surface area contributed by atoms with Crippen LogP contribution in [0.25, 0.3) is 0 Å². The molecule has 2 aliphatic rings. The van der Waals surface area contributed by atoms with E-state index in [0.717, 1.165) is 30.5 Å². The lowest BCUT2D eigenvalue weighted by molar-refractivity contribution is 0.00292. The molecule has 2 aliphatic heterocycles. The minimum atomic E-state index is -0.750. The zero-order valence-electron chi connectivity index (χ0n) is 12.2. The topological polar surface area (TPSA) is 53.9 Å². The van der Waals surface area contributed by atoms with E-state index in [0.29, 0.717) is 18.8 Å². The summed E-state index contributed by atoms with van der Waals surface area (Å²) >= 11 is 1.62. The number of thioether (sulfide) groups is 1. The monoisotopic (exact) mass is 348 g/mol. The molecule has 1 aromatic carbocycles.